The average molecular weight is 389 g/mol. The molecule has 0 heterocycles. The molecular weight excluding hydrogens is 371 g/mol. The summed E-state index contributed by atoms with van der Waals surface area (Å²) in [5.41, 5.74) is 4.48. The summed E-state index contributed by atoms with van der Waals surface area (Å²) in [6.45, 7) is -0.366. The van der Waals surface area contributed by atoms with Gasteiger partial charge < -0.3 is 9.84 Å². The highest BCUT2D eigenvalue weighted by molar-refractivity contribution is 6.35. The second-order valence-corrected chi connectivity index (χ2v) is 6.58. The Kier molecular flexibility index (Phi) is 6.90. The molecule has 2 amide bonds. The van der Waals surface area contributed by atoms with Gasteiger partial charge in [-0.1, -0.05) is 36.0 Å². The van der Waals surface area contributed by atoms with Crippen LogP contribution in [0.25, 0.3) is 0 Å². The third-order valence-corrected chi connectivity index (χ3v) is 4.53. The van der Waals surface area contributed by atoms with E-state index in [0.29, 0.717) is 17.9 Å². The lowest BCUT2D eigenvalue weighted by atomic mass is 9.79. The second-order valence-electron chi connectivity index (χ2n) is 5.74. The van der Waals surface area contributed by atoms with Gasteiger partial charge in [0.15, 0.2) is 6.61 Å². The first-order valence-electron chi connectivity index (χ1n) is 7.78. The fourth-order valence-corrected chi connectivity index (χ4v) is 3.20. The van der Waals surface area contributed by atoms with E-state index in [0.717, 1.165) is 12.8 Å². The molecule has 1 aromatic rings. The molecule has 0 radical (unpaired) electrons. The highest BCUT2D eigenvalue weighted by Crippen LogP contribution is 2.30. The summed E-state index contributed by atoms with van der Waals surface area (Å²) in [6, 6.07) is 4.57. The lowest BCUT2D eigenvalue weighted by molar-refractivity contribution is -0.149. The van der Waals surface area contributed by atoms with Gasteiger partial charge in [-0.25, -0.2) is 0 Å². The minimum absolute atomic E-state index is 0.260. The number of rotatable bonds is 5. The summed E-state index contributed by atoms with van der Waals surface area (Å²) in [7, 11) is 0. The molecule has 2 atom stereocenters. The molecule has 25 heavy (non-hydrogen) atoms. The molecule has 1 aromatic carbocycles. The molecule has 3 N–H and O–H groups in total. The average Bonchev–Trinajstić information content (AvgIpc) is 2.58. The van der Waals surface area contributed by atoms with E-state index in [4.69, 9.17) is 27.9 Å². The van der Waals surface area contributed by atoms with Crippen molar-refractivity contribution < 1.29 is 24.2 Å². The largest absolute Gasteiger partial charge is 0.482 e. The summed E-state index contributed by atoms with van der Waals surface area (Å²) < 4.78 is 5.24. The van der Waals surface area contributed by atoms with Crippen LogP contribution in [-0.4, -0.2) is 29.5 Å². The Hall–Kier alpha value is -1.99. The van der Waals surface area contributed by atoms with Crippen LogP contribution in [-0.2, 0) is 14.4 Å². The highest BCUT2D eigenvalue weighted by atomic mass is 35.5. The molecule has 1 fully saturated rings. The predicted octanol–water partition coefficient (Wildman–Crippen LogP) is 2.41. The first-order valence-corrected chi connectivity index (χ1v) is 8.53. The Morgan fingerprint density at radius 1 is 1.12 bits per heavy atom. The van der Waals surface area contributed by atoms with E-state index in [2.05, 4.69) is 10.9 Å². The summed E-state index contributed by atoms with van der Waals surface area (Å²) in [5.74, 6) is -3.20. The molecule has 7 nitrogen and oxygen atoms in total. The van der Waals surface area contributed by atoms with Crippen molar-refractivity contribution in [1.82, 2.24) is 10.9 Å². The van der Waals surface area contributed by atoms with Crippen molar-refractivity contribution in [3.8, 4) is 5.75 Å². The number of carbonyl (C=O) groups excluding carboxylic acids is 2. The number of nitrogens with one attached hydrogen (secondary N) is 2. The predicted molar refractivity (Wildman–Crippen MR) is 91.3 cm³/mol. The maximum atomic E-state index is 12.1. The highest BCUT2D eigenvalue weighted by Gasteiger charge is 2.35. The van der Waals surface area contributed by atoms with Crippen molar-refractivity contribution in [1.29, 1.82) is 0 Å². The summed E-state index contributed by atoms with van der Waals surface area (Å²) in [4.78, 5) is 35.1. The molecule has 1 saturated carbocycles. The quantitative estimate of drug-likeness (QED) is 0.671. The van der Waals surface area contributed by atoms with E-state index in [9.17, 15) is 19.5 Å². The zero-order chi connectivity index (χ0) is 18.4. The Balaban J connectivity index is 1.80. The standard InChI is InChI=1S/C16H18Cl2N2O5/c17-9-5-6-13(12(18)7-9)25-8-14(21)19-20-15(22)10-3-1-2-4-11(10)16(23)24/h5-7,10-11H,1-4,8H2,(H,19,21)(H,20,22)(H,23,24)/t10-,11+/m0/s1. The van der Waals surface area contributed by atoms with Crippen molar-refractivity contribution in [2.45, 2.75) is 25.7 Å². The van der Waals surface area contributed by atoms with Crippen LogP contribution in [0.5, 0.6) is 5.75 Å². The first-order chi connectivity index (χ1) is 11.9. The number of amides is 2. The fourth-order valence-electron chi connectivity index (χ4n) is 2.74. The summed E-state index contributed by atoms with van der Waals surface area (Å²) in [5, 5.41) is 9.88. The molecule has 1 aliphatic carbocycles. The van der Waals surface area contributed by atoms with E-state index in [1.165, 1.54) is 12.1 Å². The van der Waals surface area contributed by atoms with Gasteiger partial charge in [-0.05, 0) is 31.0 Å². The maximum absolute atomic E-state index is 12.1. The van der Waals surface area contributed by atoms with Crippen LogP contribution in [0.4, 0.5) is 0 Å². The van der Waals surface area contributed by atoms with E-state index < -0.39 is 29.6 Å². The van der Waals surface area contributed by atoms with Gasteiger partial charge in [-0.3, -0.25) is 25.2 Å². The number of carboxylic acids is 1. The first kappa shape index (κ1) is 19.3. The van der Waals surface area contributed by atoms with Crippen LogP contribution < -0.4 is 15.6 Å². The number of halogens is 2. The molecule has 0 unspecified atom stereocenters. The number of hydrogen-bond acceptors (Lipinski definition) is 4. The molecule has 1 aliphatic rings. The van der Waals surface area contributed by atoms with Crippen LogP contribution in [0.1, 0.15) is 25.7 Å². The van der Waals surface area contributed by atoms with Gasteiger partial charge in [0, 0.05) is 5.02 Å². The van der Waals surface area contributed by atoms with E-state index >= 15 is 0 Å². The van der Waals surface area contributed by atoms with Gasteiger partial charge in [0.1, 0.15) is 5.75 Å². The Bertz CT molecular complexity index is 668. The smallest absolute Gasteiger partial charge is 0.307 e. The normalized spacial score (nSPS) is 19.8. The van der Waals surface area contributed by atoms with Crippen LogP contribution in [0.3, 0.4) is 0 Å². The maximum Gasteiger partial charge on any atom is 0.307 e. The zero-order valence-electron chi connectivity index (χ0n) is 13.3. The van der Waals surface area contributed by atoms with Crippen molar-refractivity contribution in [3.05, 3.63) is 28.2 Å². The molecule has 0 aromatic heterocycles. The van der Waals surface area contributed by atoms with Gasteiger partial charge in [0.25, 0.3) is 5.91 Å². The lowest BCUT2D eigenvalue weighted by Gasteiger charge is -2.27. The fraction of sp³-hybridized carbons (Fsp3) is 0.438. The molecule has 136 valence electrons. The molecule has 0 spiro atoms. The molecule has 0 aliphatic heterocycles. The van der Waals surface area contributed by atoms with Gasteiger partial charge in [-0.2, -0.15) is 0 Å². The van der Waals surface area contributed by atoms with Crippen molar-refractivity contribution in [3.63, 3.8) is 0 Å². The summed E-state index contributed by atoms with van der Waals surface area (Å²) in [6.07, 6.45) is 2.51. The molecule has 0 saturated heterocycles. The summed E-state index contributed by atoms with van der Waals surface area (Å²) >= 11 is 11.7. The Morgan fingerprint density at radius 2 is 1.80 bits per heavy atom. The number of benzene rings is 1. The SMILES string of the molecule is O=C(COc1ccc(Cl)cc1Cl)NNC(=O)[C@H]1CCCC[C@H]1C(=O)O. The molecule has 2 rings (SSSR count). The number of carboxylic acid groups (broad SMARTS) is 1. The van der Waals surface area contributed by atoms with E-state index in [1.807, 2.05) is 0 Å². The Morgan fingerprint density at radius 3 is 2.44 bits per heavy atom. The van der Waals surface area contributed by atoms with Crippen molar-refractivity contribution >= 4 is 41.0 Å². The van der Waals surface area contributed by atoms with Gasteiger partial charge in [0.05, 0.1) is 16.9 Å². The molecule has 9 heteroatoms. The van der Waals surface area contributed by atoms with Crippen LogP contribution >= 0.6 is 23.2 Å². The van der Waals surface area contributed by atoms with Crippen LogP contribution in [0.15, 0.2) is 18.2 Å². The minimum atomic E-state index is -0.994. The van der Waals surface area contributed by atoms with Gasteiger partial charge >= 0.3 is 5.97 Å². The van der Waals surface area contributed by atoms with E-state index in [-0.39, 0.29) is 17.4 Å². The van der Waals surface area contributed by atoms with Gasteiger partial charge in [-0.15, -0.1) is 0 Å². The molecule has 0 bridgehead atoms. The third kappa shape index (κ3) is 5.51. The van der Waals surface area contributed by atoms with Gasteiger partial charge in [0.2, 0.25) is 5.91 Å². The van der Waals surface area contributed by atoms with E-state index in [1.54, 1.807) is 6.07 Å². The van der Waals surface area contributed by atoms with Crippen molar-refractivity contribution in [2.75, 3.05) is 6.61 Å². The Labute approximate surface area is 154 Å². The van der Waals surface area contributed by atoms with Crippen molar-refractivity contribution in [2.24, 2.45) is 11.8 Å². The third-order valence-electron chi connectivity index (χ3n) is 4.00. The zero-order valence-corrected chi connectivity index (χ0v) is 14.8. The topological polar surface area (TPSA) is 105 Å². The number of carbonyl (C=O) groups is 3. The number of aliphatic carboxylic acids is 1. The number of hydrazine groups is 1. The number of ether oxygens (including phenoxy) is 1. The lowest BCUT2D eigenvalue weighted by Crippen LogP contribution is -2.49. The monoisotopic (exact) mass is 388 g/mol. The van der Waals surface area contributed by atoms with Crippen LogP contribution in [0, 0.1) is 11.8 Å². The molecular formula is C16H18Cl2N2O5. The number of hydrogen-bond donors (Lipinski definition) is 3. The minimum Gasteiger partial charge on any atom is -0.482 e. The second kappa shape index (κ2) is 8.92. The van der Waals surface area contributed by atoms with Crippen LogP contribution in [0.2, 0.25) is 10.0 Å².